The molecule has 0 fully saturated rings. The number of methoxy groups -OCH3 is 1. The minimum absolute atomic E-state index is 0.221. The van der Waals surface area contributed by atoms with Crippen molar-refractivity contribution < 1.29 is 9.15 Å². The van der Waals surface area contributed by atoms with E-state index in [1.54, 1.807) is 13.2 Å². The Bertz CT molecular complexity index is 611. The predicted octanol–water partition coefficient (Wildman–Crippen LogP) is 3.45. The lowest BCUT2D eigenvalue weighted by Crippen LogP contribution is -2.10. The van der Waals surface area contributed by atoms with Crippen LogP contribution < -0.4 is 10.4 Å². The quantitative estimate of drug-likeness (QED) is 0.776. The van der Waals surface area contributed by atoms with Gasteiger partial charge >= 0.3 is 5.63 Å². The van der Waals surface area contributed by atoms with Gasteiger partial charge in [0.2, 0.25) is 0 Å². The highest BCUT2D eigenvalue weighted by molar-refractivity contribution is 5.82. The molecule has 2 aromatic rings. The molecule has 0 atom stereocenters. The second-order valence-corrected chi connectivity index (χ2v) is 4.46. The molecule has 3 heteroatoms. The van der Waals surface area contributed by atoms with Crippen LogP contribution in [0.2, 0.25) is 0 Å². The zero-order valence-corrected chi connectivity index (χ0v) is 11.1. The molecule has 2 rings (SSSR count). The van der Waals surface area contributed by atoms with Crippen molar-refractivity contribution >= 4 is 11.0 Å². The van der Waals surface area contributed by atoms with Gasteiger partial charge in [-0.3, -0.25) is 0 Å². The van der Waals surface area contributed by atoms with E-state index in [4.69, 9.17) is 9.15 Å². The molecule has 0 saturated carbocycles. The van der Waals surface area contributed by atoms with Crippen LogP contribution in [-0.4, -0.2) is 7.11 Å². The monoisotopic (exact) mass is 246 g/mol. The van der Waals surface area contributed by atoms with Crippen LogP contribution in [0.15, 0.2) is 27.4 Å². The van der Waals surface area contributed by atoms with Gasteiger partial charge in [0.15, 0.2) is 0 Å². The third-order valence-corrected chi connectivity index (χ3v) is 3.27. The summed E-state index contributed by atoms with van der Waals surface area (Å²) >= 11 is 0. The zero-order chi connectivity index (χ0) is 13.1. The maximum Gasteiger partial charge on any atom is 0.339 e. The fourth-order valence-corrected chi connectivity index (χ4v) is 2.14. The van der Waals surface area contributed by atoms with Crippen molar-refractivity contribution in [1.29, 1.82) is 0 Å². The number of ether oxygens (including phenoxy) is 1. The molecule has 0 spiro atoms. The topological polar surface area (TPSA) is 39.4 Å². The van der Waals surface area contributed by atoms with Gasteiger partial charge in [0.25, 0.3) is 0 Å². The summed E-state index contributed by atoms with van der Waals surface area (Å²) in [5.41, 5.74) is 2.20. The summed E-state index contributed by atoms with van der Waals surface area (Å²) < 4.78 is 10.5. The fraction of sp³-hybridized carbons (Fsp3) is 0.400. The Morgan fingerprint density at radius 3 is 2.78 bits per heavy atom. The van der Waals surface area contributed by atoms with Crippen molar-refractivity contribution in [2.45, 2.75) is 33.1 Å². The Balaban J connectivity index is 2.59. The first-order valence-corrected chi connectivity index (χ1v) is 6.27. The van der Waals surface area contributed by atoms with Crippen LogP contribution in [0.5, 0.6) is 5.75 Å². The van der Waals surface area contributed by atoms with Gasteiger partial charge in [-0.25, -0.2) is 4.79 Å². The van der Waals surface area contributed by atoms with Gasteiger partial charge in [-0.1, -0.05) is 13.3 Å². The van der Waals surface area contributed by atoms with Crippen LogP contribution in [-0.2, 0) is 6.42 Å². The first kappa shape index (κ1) is 12.7. The Hall–Kier alpha value is -1.77. The smallest absolute Gasteiger partial charge is 0.339 e. The molecule has 0 aliphatic rings. The average Bonchev–Trinajstić information content (AvgIpc) is 2.38. The summed E-state index contributed by atoms with van der Waals surface area (Å²) in [5.74, 6) is 0.700. The molecule has 0 N–H and O–H groups in total. The van der Waals surface area contributed by atoms with Gasteiger partial charge in [0, 0.05) is 17.0 Å². The number of unbranched alkanes of at least 4 members (excludes halogenated alkanes) is 1. The van der Waals surface area contributed by atoms with Crippen LogP contribution in [0.3, 0.4) is 0 Å². The van der Waals surface area contributed by atoms with Crippen LogP contribution in [0.4, 0.5) is 0 Å². The predicted molar refractivity (Wildman–Crippen MR) is 72.4 cm³/mol. The van der Waals surface area contributed by atoms with E-state index in [9.17, 15) is 4.79 Å². The van der Waals surface area contributed by atoms with Gasteiger partial charge in [0.05, 0.1) is 7.11 Å². The Labute approximate surface area is 106 Å². The Morgan fingerprint density at radius 1 is 1.33 bits per heavy atom. The first-order chi connectivity index (χ1) is 8.67. The van der Waals surface area contributed by atoms with Crippen molar-refractivity contribution in [2.24, 2.45) is 0 Å². The minimum Gasteiger partial charge on any atom is -0.497 e. The summed E-state index contributed by atoms with van der Waals surface area (Å²) in [5, 5.41) is 0.988. The van der Waals surface area contributed by atoms with Crippen molar-refractivity contribution in [3.63, 3.8) is 0 Å². The van der Waals surface area contributed by atoms with E-state index in [1.165, 1.54) is 0 Å². The van der Waals surface area contributed by atoms with E-state index < -0.39 is 0 Å². The van der Waals surface area contributed by atoms with E-state index >= 15 is 0 Å². The molecule has 1 heterocycles. The lowest BCUT2D eigenvalue weighted by atomic mass is 10.0. The summed E-state index contributed by atoms with van der Waals surface area (Å²) in [7, 11) is 1.60. The Kier molecular flexibility index (Phi) is 3.70. The number of fused-ring (bicyclic) bond motifs is 1. The number of aryl methyl sites for hydroxylation is 1. The normalized spacial score (nSPS) is 10.8. The largest absolute Gasteiger partial charge is 0.497 e. The summed E-state index contributed by atoms with van der Waals surface area (Å²) in [4.78, 5) is 12.0. The molecule has 3 nitrogen and oxygen atoms in total. The number of hydrogen-bond donors (Lipinski definition) is 0. The zero-order valence-electron chi connectivity index (χ0n) is 11.1. The minimum atomic E-state index is -0.221. The van der Waals surface area contributed by atoms with E-state index in [0.717, 1.165) is 35.8 Å². The molecule has 18 heavy (non-hydrogen) atoms. The number of rotatable bonds is 4. The van der Waals surface area contributed by atoms with Crippen LogP contribution in [0.25, 0.3) is 11.0 Å². The molecule has 0 aliphatic heterocycles. The van der Waals surface area contributed by atoms with Gasteiger partial charge in [0.1, 0.15) is 11.3 Å². The third-order valence-electron chi connectivity index (χ3n) is 3.27. The molecule has 1 aromatic heterocycles. The molecule has 96 valence electrons. The van der Waals surface area contributed by atoms with E-state index in [-0.39, 0.29) is 5.63 Å². The lowest BCUT2D eigenvalue weighted by molar-refractivity contribution is 0.414. The molecule has 0 saturated heterocycles. The van der Waals surface area contributed by atoms with E-state index in [0.29, 0.717) is 11.3 Å². The lowest BCUT2D eigenvalue weighted by Gasteiger charge is -2.08. The molecule has 0 bridgehead atoms. The molecular weight excluding hydrogens is 228 g/mol. The second-order valence-electron chi connectivity index (χ2n) is 4.46. The van der Waals surface area contributed by atoms with Gasteiger partial charge in [-0.15, -0.1) is 0 Å². The number of hydrogen-bond acceptors (Lipinski definition) is 3. The van der Waals surface area contributed by atoms with E-state index in [1.807, 2.05) is 19.1 Å². The Morgan fingerprint density at radius 2 is 2.11 bits per heavy atom. The summed E-state index contributed by atoms with van der Waals surface area (Å²) in [6.07, 6.45) is 2.86. The van der Waals surface area contributed by atoms with Crippen LogP contribution >= 0.6 is 0 Å². The summed E-state index contributed by atoms with van der Waals surface area (Å²) in [6.45, 7) is 4.10. The van der Waals surface area contributed by atoms with E-state index in [2.05, 4.69) is 6.92 Å². The average molecular weight is 246 g/mol. The first-order valence-electron chi connectivity index (χ1n) is 6.27. The highest BCUT2D eigenvalue weighted by Crippen LogP contribution is 2.24. The fourth-order valence-electron chi connectivity index (χ4n) is 2.14. The standard InChI is InChI=1S/C15H18O3/c1-4-5-6-13-10(2)12-8-7-11(17-3)9-14(12)18-15(13)16/h7-9H,4-6H2,1-3H3. The van der Waals surface area contributed by atoms with Crippen LogP contribution in [0.1, 0.15) is 30.9 Å². The SMILES string of the molecule is CCCCc1c(C)c2ccc(OC)cc2oc1=O. The molecule has 0 radical (unpaired) electrons. The molecule has 0 unspecified atom stereocenters. The summed E-state index contributed by atoms with van der Waals surface area (Å²) in [6, 6.07) is 5.59. The highest BCUT2D eigenvalue weighted by atomic mass is 16.5. The third kappa shape index (κ3) is 2.26. The van der Waals surface area contributed by atoms with Gasteiger partial charge in [-0.05, 0) is 37.5 Å². The molecule has 1 aromatic carbocycles. The highest BCUT2D eigenvalue weighted by Gasteiger charge is 2.11. The molecular formula is C15H18O3. The maximum atomic E-state index is 12.0. The van der Waals surface area contributed by atoms with Gasteiger partial charge in [-0.2, -0.15) is 0 Å². The second kappa shape index (κ2) is 5.25. The van der Waals surface area contributed by atoms with Crippen molar-refractivity contribution in [1.82, 2.24) is 0 Å². The molecule has 0 aliphatic carbocycles. The maximum absolute atomic E-state index is 12.0. The van der Waals surface area contributed by atoms with Gasteiger partial charge < -0.3 is 9.15 Å². The van der Waals surface area contributed by atoms with Crippen LogP contribution in [0, 0.1) is 6.92 Å². The van der Waals surface area contributed by atoms with Crippen molar-refractivity contribution in [3.8, 4) is 5.75 Å². The van der Waals surface area contributed by atoms with Crippen molar-refractivity contribution in [3.05, 3.63) is 39.7 Å². The van der Waals surface area contributed by atoms with Crippen molar-refractivity contribution in [2.75, 3.05) is 7.11 Å². The molecule has 0 amide bonds. The number of benzene rings is 1.